The van der Waals surface area contributed by atoms with E-state index in [4.69, 9.17) is 0 Å². The highest BCUT2D eigenvalue weighted by Crippen LogP contribution is 2.49. The molecule has 0 radical (unpaired) electrons. The molecule has 24 heavy (non-hydrogen) atoms. The quantitative estimate of drug-likeness (QED) is 0.941. The monoisotopic (exact) mass is 322 g/mol. The van der Waals surface area contributed by atoms with E-state index in [9.17, 15) is 4.79 Å². The average Bonchev–Trinajstić information content (AvgIpc) is 3.42. The van der Waals surface area contributed by atoms with Gasteiger partial charge in [-0.05, 0) is 36.5 Å². The second-order valence-corrected chi connectivity index (χ2v) is 6.83. The lowest BCUT2D eigenvalue weighted by atomic mass is 9.80. The summed E-state index contributed by atoms with van der Waals surface area (Å²) in [6, 6.07) is 10.3. The molecular formula is C19H22N4O. The van der Waals surface area contributed by atoms with E-state index < -0.39 is 0 Å². The maximum atomic E-state index is 12.4. The number of nitrogens with one attached hydrogen (secondary N) is 1. The maximum absolute atomic E-state index is 12.4. The molecule has 1 amide bonds. The van der Waals surface area contributed by atoms with Gasteiger partial charge in [-0.25, -0.2) is 9.97 Å². The van der Waals surface area contributed by atoms with Crippen molar-refractivity contribution in [2.24, 2.45) is 11.8 Å². The molecule has 0 spiro atoms. The van der Waals surface area contributed by atoms with Gasteiger partial charge in [-0.15, -0.1) is 0 Å². The lowest BCUT2D eigenvalue weighted by Gasteiger charge is -2.45. The van der Waals surface area contributed by atoms with E-state index in [0.717, 1.165) is 11.3 Å². The van der Waals surface area contributed by atoms with Crippen LogP contribution in [0.25, 0.3) is 0 Å². The Morgan fingerprint density at radius 3 is 2.54 bits per heavy atom. The predicted octanol–water partition coefficient (Wildman–Crippen LogP) is 3.41. The first-order valence-electron chi connectivity index (χ1n) is 8.59. The Labute approximate surface area is 142 Å². The van der Waals surface area contributed by atoms with Gasteiger partial charge in [0.1, 0.15) is 0 Å². The van der Waals surface area contributed by atoms with E-state index in [-0.39, 0.29) is 18.0 Å². The van der Waals surface area contributed by atoms with Crippen molar-refractivity contribution in [1.82, 2.24) is 9.97 Å². The van der Waals surface area contributed by atoms with E-state index in [1.807, 2.05) is 23.1 Å². The molecule has 5 nitrogen and oxygen atoms in total. The zero-order chi connectivity index (χ0) is 16.7. The van der Waals surface area contributed by atoms with Crippen molar-refractivity contribution in [3.63, 3.8) is 0 Å². The summed E-state index contributed by atoms with van der Waals surface area (Å²) in [5, 5.41) is 3.50. The third-order valence-electron chi connectivity index (χ3n) is 5.19. The Balaban J connectivity index is 1.78. The smallest absolute Gasteiger partial charge is 0.224 e. The number of hydrogen-bond donors (Lipinski definition) is 1. The fourth-order valence-electron chi connectivity index (χ4n) is 4.03. The average molecular weight is 322 g/mol. The number of anilines is 2. The minimum absolute atomic E-state index is 0.102. The first kappa shape index (κ1) is 15.1. The second-order valence-electron chi connectivity index (χ2n) is 6.83. The summed E-state index contributed by atoms with van der Waals surface area (Å²) in [4.78, 5) is 23.0. The Hall–Kier alpha value is -2.43. The van der Waals surface area contributed by atoms with Crippen LogP contribution in [0.3, 0.4) is 0 Å². The second kappa shape index (κ2) is 5.89. The lowest BCUT2D eigenvalue weighted by Crippen LogP contribution is -2.51. The van der Waals surface area contributed by atoms with Crippen molar-refractivity contribution in [3.05, 3.63) is 48.3 Å². The molecule has 0 unspecified atom stereocenters. The Bertz CT molecular complexity index is 744. The highest BCUT2D eigenvalue weighted by atomic mass is 16.2. The number of benzene rings is 1. The lowest BCUT2D eigenvalue weighted by molar-refractivity contribution is -0.117. The minimum Gasteiger partial charge on any atom is -0.347 e. The topological polar surface area (TPSA) is 58.1 Å². The highest BCUT2D eigenvalue weighted by molar-refractivity contribution is 5.94. The summed E-state index contributed by atoms with van der Waals surface area (Å²) in [5.41, 5.74) is 2.16. The first-order chi connectivity index (χ1) is 11.7. The number of rotatable bonds is 3. The van der Waals surface area contributed by atoms with Crippen LogP contribution in [-0.2, 0) is 4.79 Å². The highest BCUT2D eigenvalue weighted by Gasteiger charge is 2.47. The molecule has 1 aliphatic heterocycles. The molecule has 1 fully saturated rings. The van der Waals surface area contributed by atoms with Crippen molar-refractivity contribution >= 4 is 17.5 Å². The van der Waals surface area contributed by atoms with Crippen molar-refractivity contribution < 1.29 is 4.79 Å². The normalized spacial score (nSPS) is 25.9. The number of aromatic nitrogens is 2. The molecule has 2 aromatic rings. The molecule has 0 saturated heterocycles. The number of fused-ring (bicyclic) bond motifs is 1. The zero-order valence-corrected chi connectivity index (χ0v) is 14.0. The summed E-state index contributed by atoms with van der Waals surface area (Å²) >= 11 is 0. The molecule has 1 saturated carbocycles. The molecule has 4 rings (SSSR count). The minimum atomic E-state index is 0.102. The standard InChI is InChI=1S/C19H22N4O/c1-12-17(22-19-20-10-5-11-21-19)15-6-3-4-7-16(15)23(13(2)24)18(12)14-8-9-14/h3-7,10-12,14,17-18H,8-9H2,1-2H3,(H,20,21,22)/t12-,17-,18-/m1/s1. The largest absolute Gasteiger partial charge is 0.347 e. The Morgan fingerprint density at radius 2 is 1.88 bits per heavy atom. The van der Waals surface area contributed by atoms with E-state index >= 15 is 0 Å². The van der Waals surface area contributed by atoms with Gasteiger partial charge in [0.2, 0.25) is 11.9 Å². The molecule has 1 aromatic carbocycles. The first-order valence-corrected chi connectivity index (χ1v) is 8.59. The molecule has 1 aromatic heterocycles. The molecular weight excluding hydrogens is 300 g/mol. The predicted molar refractivity (Wildman–Crippen MR) is 93.7 cm³/mol. The van der Waals surface area contributed by atoms with Crippen molar-refractivity contribution in [1.29, 1.82) is 0 Å². The number of carbonyl (C=O) groups is 1. The molecule has 0 bridgehead atoms. The number of amides is 1. The molecule has 124 valence electrons. The van der Waals surface area contributed by atoms with Gasteiger partial charge in [0.25, 0.3) is 0 Å². The van der Waals surface area contributed by atoms with Crippen molar-refractivity contribution in [2.45, 2.75) is 38.8 Å². The molecule has 2 heterocycles. The van der Waals surface area contributed by atoms with Crippen LogP contribution in [0.5, 0.6) is 0 Å². The van der Waals surface area contributed by atoms with Crippen molar-refractivity contribution in [3.8, 4) is 0 Å². The van der Waals surface area contributed by atoms with Crippen LogP contribution in [-0.4, -0.2) is 21.9 Å². The summed E-state index contributed by atoms with van der Waals surface area (Å²) in [5.74, 6) is 1.65. The van der Waals surface area contributed by atoms with E-state index in [0.29, 0.717) is 17.8 Å². The number of para-hydroxylation sites is 1. The Morgan fingerprint density at radius 1 is 1.17 bits per heavy atom. The summed E-state index contributed by atoms with van der Waals surface area (Å²) in [6.45, 7) is 3.91. The third-order valence-corrected chi connectivity index (χ3v) is 5.19. The van der Waals surface area contributed by atoms with Gasteiger partial charge >= 0.3 is 0 Å². The van der Waals surface area contributed by atoms with Gasteiger partial charge in [-0.2, -0.15) is 0 Å². The van der Waals surface area contributed by atoms with Crippen LogP contribution in [0.1, 0.15) is 38.3 Å². The van der Waals surface area contributed by atoms with Gasteiger partial charge < -0.3 is 10.2 Å². The number of hydrogen-bond acceptors (Lipinski definition) is 4. The molecule has 5 heteroatoms. The van der Waals surface area contributed by atoms with E-state index in [1.54, 1.807) is 19.3 Å². The Kier molecular flexibility index (Phi) is 3.71. The molecule has 1 aliphatic carbocycles. The van der Waals surface area contributed by atoms with Crippen LogP contribution in [0.4, 0.5) is 11.6 Å². The van der Waals surface area contributed by atoms with Crippen LogP contribution in [0.15, 0.2) is 42.7 Å². The summed E-state index contributed by atoms with van der Waals surface area (Å²) in [7, 11) is 0. The fourth-order valence-corrected chi connectivity index (χ4v) is 4.03. The number of carbonyl (C=O) groups excluding carboxylic acids is 1. The fraction of sp³-hybridized carbons (Fsp3) is 0.421. The van der Waals surface area contributed by atoms with Gasteiger partial charge in [0.15, 0.2) is 0 Å². The zero-order valence-electron chi connectivity index (χ0n) is 14.0. The molecule has 2 aliphatic rings. The summed E-state index contributed by atoms with van der Waals surface area (Å²) < 4.78 is 0. The maximum Gasteiger partial charge on any atom is 0.224 e. The van der Waals surface area contributed by atoms with Crippen LogP contribution in [0, 0.1) is 11.8 Å². The van der Waals surface area contributed by atoms with Gasteiger partial charge in [0.05, 0.1) is 6.04 Å². The summed E-state index contributed by atoms with van der Waals surface area (Å²) in [6.07, 6.45) is 5.90. The van der Waals surface area contributed by atoms with Gasteiger partial charge in [-0.3, -0.25) is 4.79 Å². The van der Waals surface area contributed by atoms with E-state index in [2.05, 4.69) is 34.3 Å². The van der Waals surface area contributed by atoms with Gasteiger partial charge in [0, 0.05) is 37.0 Å². The van der Waals surface area contributed by atoms with E-state index in [1.165, 1.54) is 12.8 Å². The molecule has 3 atom stereocenters. The number of nitrogens with zero attached hydrogens (tertiary/aromatic N) is 3. The van der Waals surface area contributed by atoms with Crippen LogP contribution >= 0.6 is 0 Å². The van der Waals surface area contributed by atoms with Gasteiger partial charge in [-0.1, -0.05) is 25.1 Å². The van der Waals surface area contributed by atoms with Crippen LogP contribution < -0.4 is 10.2 Å². The van der Waals surface area contributed by atoms with Crippen molar-refractivity contribution in [2.75, 3.05) is 10.2 Å². The molecule has 1 N–H and O–H groups in total. The van der Waals surface area contributed by atoms with Crippen LogP contribution in [0.2, 0.25) is 0 Å². The SMILES string of the molecule is CC(=O)N1c2ccccc2[C@H](Nc2ncccn2)[C@@H](C)[C@@H]1C1CC1. The third kappa shape index (κ3) is 2.54.